The van der Waals surface area contributed by atoms with E-state index in [-0.39, 0.29) is 5.97 Å². The molecule has 1 N–H and O–H groups in total. The van der Waals surface area contributed by atoms with E-state index in [2.05, 4.69) is 15.5 Å². The summed E-state index contributed by atoms with van der Waals surface area (Å²) in [4.78, 5) is 11.6. The van der Waals surface area contributed by atoms with Crippen LogP contribution in [0.25, 0.3) is 11.5 Å². The number of hydrogen-bond donors (Lipinski definition) is 1. The summed E-state index contributed by atoms with van der Waals surface area (Å²) >= 11 is 0. The summed E-state index contributed by atoms with van der Waals surface area (Å²) in [6.45, 7) is 0.326. The predicted octanol–water partition coefficient (Wildman–Crippen LogP) is 3.14. The summed E-state index contributed by atoms with van der Waals surface area (Å²) in [6.07, 6.45) is 0. The Bertz CT molecular complexity index is 876. The number of benzene rings is 2. The SMILES string of the molecule is COC(=O)c1cccc(NCc2nnc(-c3ccccc3OC)o2)c1. The molecule has 1 heterocycles. The molecule has 0 saturated carbocycles. The van der Waals surface area contributed by atoms with E-state index in [1.165, 1.54) is 7.11 Å². The van der Waals surface area contributed by atoms with E-state index in [1.54, 1.807) is 25.3 Å². The van der Waals surface area contributed by atoms with Crippen LogP contribution in [0.4, 0.5) is 5.69 Å². The molecule has 7 nitrogen and oxygen atoms in total. The minimum atomic E-state index is -0.389. The van der Waals surface area contributed by atoms with Gasteiger partial charge in [0.25, 0.3) is 5.89 Å². The van der Waals surface area contributed by atoms with E-state index in [0.29, 0.717) is 29.6 Å². The molecule has 0 bridgehead atoms. The van der Waals surface area contributed by atoms with Gasteiger partial charge in [-0.05, 0) is 30.3 Å². The maximum absolute atomic E-state index is 11.6. The quantitative estimate of drug-likeness (QED) is 0.690. The molecule has 1 aromatic heterocycles. The third kappa shape index (κ3) is 3.77. The largest absolute Gasteiger partial charge is 0.496 e. The van der Waals surface area contributed by atoms with Crippen molar-refractivity contribution in [1.82, 2.24) is 10.2 Å². The molecule has 3 rings (SSSR count). The predicted molar refractivity (Wildman–Crippen MR) is 91.4 cm³/mol. The minimum absolute atomic E-state index is 0.326. The van der Waals surface area contributed by atoms with E-state index < -0.39 is 0 Å². The van der Waals surface area contributed by atoms with E-state index >= 15 is 0 Å². The van der Waals surface area contributed by atoms with Crippen molar-refractivity contribution in [2.45, 2.75) is 6.54 Å². The molecule has 0 aliphatic heterocycles. The Hall–Kier alpha value is -3.35. The standard InChI is InChI=1S/C18H17N3O4/c1-23-15-9-4-3-8-14(15)17-21-20-16(25-17)11-19-13-7-5-6-12(10-13)18(22)24-2/h3-10,19H,11H2,1-2H3. The summed E-state index contributed by atoms with van der Waals surface area (Å²) in [7, 11) is 2.94. The van der Waals surface area contributed by atoms with Crippen molar-refractivity contribution < 1.29 is 18.7 Å². The second-order valence-corrected chi connectivity index (χ2v) is 5.13. The lowest BCUT2D eigenvalue weighted by molar-refractivity contribution is 0.0601. The molecule has 0 aliphatic rings. The van der Waals surface area contributed by atoms with Crippen LogP contribution in [-0.2, 0) is 11.3 Å². The van der Waals surface area contributed by atoms with E-state index in [9.17, 15) is 4.79 Å². The molecular weight excluding hydrogens is 322 g/mol. The second kappa shape index (κ2) is 7.48. The van der Waals surface area contributed by atoms with Crippen molar-refractivity contribution in [3.05, 3.63) is 60.0 Å². The van der Waals surface area contributed by atoms with Crippen LogP contribution in [-0.4, -0.2) is 30.4 Å². The van der Waals surface area contributed by atoms with Crippen LogP contribution >= 0.6 is 0 Å². The number of methoxy groups -OCH3 is 2. The molecule has 0 aliphatic carbocycles. The molecule has 0 spiro atoms. The number of rotatable bonds is 6. The molecular formula is C18H17N3O4. The van der Waals surface area contributed by atoms with Crippen LogP contribution < -0.4 is 10.1 Å². The molecule has 2 aromatic carbocycles. The van der Waals surface area contributed by atoms with Gasteiger partial charge in [0.1, 0.15) is 5.75 Å². The van der Waals surface area contributed by atoms with Crippen molar-refractivity contribution in [2.24, 2.45) is 0 Å². The lowest BCUT2D eigenvalue weighted by Crippen LogP contribution is -2.04. The first kappa shape index (κ1) is 16.5. The van der Waals surface area contributed by atoms with Gasteiger partial charge < -0.3 is 19.2 Å². The zero-order valence-corrected chi connectivity index (χ0v) is 13.9. The first-order valence-electron chi connectivity index (χ1n) is 7.59. The van der Waals surface area contributed by atoms with Crippen LogP contribution in [0.5, 0.6) is 5.75 Å². The van der Waals surface area contributed by atoms with E-state index in [1.807, 2.05) is 30.3 Å². The number of carbonyl (C=O) groups excluding carboxylic acids is 1. The highest BCUT2D eigenvalue weighted by molar-refractivity contribution is 5.90. The minimum Gasteiger partial charge on any atom is -0.496 e. The van der Waals surface area contributed by atoms with Crippen LogP contribution in [0.3, 0.4) is 0 Å². The fourth-order valence-electron chi connectivity index (χ4n) is 2.31. The van der Waals surface area contributed by atoms with E-state index in [4.69, 9.17) is 13.9 Å². The number of carbonyl (C=O) groups is 1. The van der Waals surface area contributed by atoms with Gasteiger partial charge in [-0.2, -0.15) is 0 Å². The van der Waals surface area contributed by atoms with Crippen molar-refractivity contribution in [3.8, 4) is 17.2 Å². The summed E-state index contributed by atoms with van der Waals surface area (Å²) in [6, 6.07) is 14.4. The maximum Gasteiger partial charge on any atom is 0.337 e. The summed E-state index contributed by atoms with van der Waals surface area (Å²) in [5.41, 5.74) is 1.95. The number of hydrogen-bond acceptors (Lipinski definition) is 7. The maximum atomic E-state index is 11.6. The number of nitrogens with one attached hydrogen (secondary N) is 1. The second-order valence-electron chi connectivity index (χ2n) is 5.13. The smallest absolute Gasteiger partial charge is 0.337 e. The first-order valence-corrected chi connectivity index (χ1v) is 7.59. The highest BCUT2D eigenvalue weighted by Gasteiger charge is 2.13. The molecule has 0 radical (unpaired) electrons. The molecule has 0 fully saturated rings. The van der Waals surface area contributed by atoms with Gasteiger partial charge in [0.2, 0.25) is 5.89 Å². The molecule has 0 unspecified atom stereocenters. The number of para-hydroxylation sites is 1. The molecule has 128 valence electrons. The van der Waals surface area contributed by atoms with Crippen LogP contribution in [0.15, 0.2) is 52.9 Å². The van der Waals surface area contributed by atoms with Crippen LogP contribution in [0.2, 0.25) is 0 Å². The third-order valence-corrected chi connectivity index (χ3v) is 3.53. The van der Waals surface area contributed by atoms with Crippen molar-refractivity contribution in [1.29, 1.82) is 0 Å². The van der Waals surface area contributed by atoms with Crippen LogP contribution in [0, 0.1) is 0 Å². The Labute approximate surface area is 144 Å². The number of anilines is 1. The van der Waals surface area contributed by atoms with Gasteiger partial charge in [-0.15, -0.1) is 10.2 Å². The monoisotopic (exact) mass is 339 g/mol. The Morgan fingerprint density at radius 1 is 1.12 bits per heavy atom. The third-order valence-electron chi connectivity index (χ3n) is 3.53. The van der Waals surface area contributed by atoms with Crippen molar-refractivity contribution in [2.75, 3.05) is 19.5 Å². The van der Waals surface area contributed by atoms with Gasteiger partial charge in [0.15, 0.2) is 0 Å². The van der Waals surface area contributed by atoms with Gasteiger partial charge in [0.05, 0.1) is 31.9 Å². The fraction of sp³-hybridized carbons (Fsp3) is 0.167. The normalized spacial score (nSPS) is 10.3. The van der Waals surface area contributed by atoms with Gasteiger partial charge in [-0.1, -0.05) is 18.2 Å². The Morgan fingerprint density at radius 3 is 2.76 bits per heavy atom. The number of ether oxygens (including phenoxy) is 2. The molecule has 7 heteroatoms. The number of esters is 1. The average Bonchev–Trinajstić information content (AvgIpc) is 3.14. The lowest BCUT2D eigenvalue weighted by atomic mass is 10.2. The first-order chi connectivity index (χ1) is 12.2. The lowest BCUT2D eigenvalue weighted by Gasteiger charge is -2.05. The van der Waals surface area contributed by atoms with E-state index in [0.717, 1.165) is 11.3 Å². The average molecular weight is 339 g/mol. The Kier molecular flexibility index (Phi) is 4.94. The summed E-state index contributed by atoms with van der Waals surface area (Å²) in [5.74, 6) is 1.08. The molecule has 25 heavy (non-hydrogen) atoms. The topological polar surface area (TPSA) is 86.5 Å². The van der Waals surface area contributed by atoms with Crippen molar-refractivity contribution in [3.63, 3.8) is 0 Å². The Morgan fingerprint density at radius 2 is 1.96 bits per heavy atom. The van der Waals surface area contributed by atoms with Crippen molar-refractivity contribution >= 4 is 11.7 Å². The zero-order valence-electron chi connectivity index (χ0n) is 13.9. The van der Waals surface area contributed by atoms with Gasteiger partial charge in [0, 0.05) is 5.69 Å². The van der Waals surface area contributed by atoms with Gasteiger partial charge in [-0.25, -0.2) is 4.79 Å². The molecule has 0 amide bonds. The number of aromatic nitrogens is 2. The highest BCUT2D eigenvalue weighted by Crippen LogP contribution is 2.28. The fourth-order valence-corrected chi connectivity index (χ4v) is 2.31. The van der Waals surface area contributed by atoms with Crippen LogP contribution in [0.1, 0.15) is 16.2 Å². The zero-order chi connectivity index (χ0) is 17.6. The summed E-state index contributed by atoms with van der Waals surface area (Å²) in [5, 5.41) is 11.2. The molecule has 0 saturated heterocycles. The Balaban J connectivity index is 1.71. The highest BCUT2D eigenvalue weighted by atomic mass is 16.5. The van der Waals surface area contributed by atoms with Gasteiger partial charge >= 0.3 is 5.97 Å². The molecule has 0 atom stereocenters. The number of nitrogens with zero attached hydrogens (tertiary/aromatic N) is 2. The molecule has 3 aromatic rings. The van der Waals surface area contributed by atoms with Gasteiger partial charge in [-0.3, -0.25) is 0 Å². The summed E-state index contributed by atoms with van der Waals surface area (Å²) < 4.78 is 15.7.